The minimum Gasteiger partial charge on any atom is -0.302 e. The number of fused-ring (bicyclic) bond motifs is 4. The molecule has 146 valence electrons. The summed E-state index contributed by atoms with van der Waals surface area (Å²) in [4.78, 5) is 27.5. The second-order valence-corrected chi connectivity index (χ2v) is 10.6. The Labute approximate surface area is 171 Å². The molecular formula is C25H23O3P. The van der Waals surface area contributed by atoms with Crippen molar-refractivity contribution in [3.05, 3.63) is 87.5 Å². The number of hydrogen-bond acceptors (Lipinski definition) is 3. The lowest BCUT2D eigenvalue weighted by Crippen LogP contribution is -2.21. The fourth-order valence-corrected chi connectivity index (χ4v) is 7.06. The van der Waals surface area contributed by atoms with Gasteiger partial charge in [-0.1, -0.05) is 53.6 Å². The van der Waals surface area contributed by atoms with Gasteiger partial charge >= 0.3 is 0 Å². The monoisotopic (exact) mass is 402 g/mol. The van der Waals surface area contributed by atoms with Crippen molar-refractivity contribution >= 4 is 23.5 Å². The van der Waals surface area contributed by atoms with Crippen LogP contribution in [0.5, 0.6) is 0 Å². The Morgan fingerprint density at radius 2 is 1.38 bits per heavy atom. The molecule has 3 aromatic rings. The van der Waals surface area contributed by atoms with E-state index in [2.05, 4.69) is 0 Å². The van der Waals surface area contributed by atoms with Crippen molar-refractivity contribution in [3.8, 4) is 11.1 Å². The lowest BCUT2D eigenvalue weighted by atomic mass is 9.94. The van der Waals surface area contributed by atoms with Crippen LogP contribution in [0.1, 0.15) is 48.5 Å². The van der Waals surface area contributed by atoms with Crippen molar-refractivity contribution in [3.63, 3.8) is 0 Å². The lowest BCUT2D eigenvalue weighted by molar-refractivity contribution is 0.104. The first-order valence-corrected chi connectivity index (χ1v) is 11.3. The standard InChI is InChI=1S/C25H23O3P/c1-14-9-16(3)22(17(4)10-14)24(26)29(28)20-8-6-7-19(13-20)21-12-15(2)11-18(5)23(21)25(29)27/h6-13H,1-5H3. The van der Waals surface area contributed by atoms with E-state index in [0.29, 0.717) is 16.4 Å². The summed E-state index contributed by atoms with van der Waals surface area (Å²) in [6.45, 7) is 9.44. The molecule has 2 bridgehead atoms. The topological polar surface area (TPSA) is 51.2 Å². The molecule has 0 radical (unpaired) electrons. The van der Waals surface area contributed by atoms with Crippen molar-refractivity contribution in [1.82, 2.24) is 0 Å². The van der Waals surface area contributed by atoms with Crippen molar-refractivity contribution < 1.29 is 14.2 Å². The van der Waals surface area contributed by atoms with Crippen molar-refractivity contribution in [2.24, 2.45) is 0 Å². The molecule has 0 saturated heterocycles. The summed E-state index contributed by atoms with van der Waals surface area (Å²) in [6, 6.07) is 14.7. The molecule has 1 aliphatic heterocycles. The van der Waals surface area contributed by atoms with E-state index in [9.17, 15) is 14.2 Å². The molecule has 29 heavy (non-hydrogen) atoms. The fraction of sp³-hybridized carbons (Fsp3) is 0.200. The molecule has 0 spiro atoms. The molecule has 0 N–H and O–H groups in total. The quantitative estimate of drug-likeness (QED) is 0.503. The summed E-state index contributed by atoms with van der Waals surface area (Å²) in [5, 5.41) is 0.317. The van der Waals surface area contributed by atoms with Gasteiger partial charge in [-0.15, -0.1) is 0 Å². The zero-order valence-electron chi connectivity index (χ0n) is 17.3. The van der Waals surface area contributed by atoms with Gasteiger partial charge in [-0.3, -0.25) is 9.59 Å². The predicted molar refractivity (Wildman–Crippen MR) is 118 cm³/mol. The lowest BCUT2D eigenvalue weighted by Gasteiger charge is -2.19. The maximum absolute atomic E-state index is 14.4. The molecule has 4 heteroatoms. The van der Waals surface area contributed by atoms with Gasteiger partial charge in [0.2, 0.25) is 18.2 Å². The third-order valence-electron chi connectivity index (χ3n) is 5.68. The Morgan fingerprint density at radius 3 is 2.03 bits per heavy atom. The number of rotatable bonds is 2. The highest BCUT2D eigenvalue weighted by molar-refractivity contribution is 8.01. The highest BCUT2D eigenvalue weighted by atomic mass is 31.2. The van der Waals surface area contributed by atoms with Crippen molar-refractivity contribution in [2.45, 2.75) is 34.6 Å². The van der Waals surface area contributed by atoms with E-state index in [-0.39, 0.29) is 0 Å². The normalized spacial score (nSPS) is 17.6. The van der Waals surface area contributed by atoms with Gasteiger partial charge in [0.1, 0.15) is 0 Å². The SMILES string of the molecule is Cc1cc(C)c(C(=O)P2(=O)C(=O)c3c(C)cc(C)cc3-c3cccc2c3)c(C)c1. The number of aryl methyl sites for hydroxylation is 5. The summed E-state index contributed by atoms with van der Waals surface area (Å²) in [7, 11) is -4.04. The van der Waals surface area contributed by atoms with Crippen LogP contribution in [0, 0.1) is 34.6 Å². The van der Waals surface area contributed by atoms with E-state index in [1.54, 1.807) is 18.2 Å². The van der Waals surface area contributed by atoms with Crippen LogP contribution < -0.4 is 5.30 Å². The summed E-state index contributed by atoms with van der Waals surface area (Å²) >= 11 is 0. The first kappa shape index (κ1) is 19.5. The Kier molecular flexibility index (Phi) is 4.47. The Hall–Kier alpha value is -2.77. The third-order valence-corrected chi connectivity index (χ3v) is 8.27. The smallest absolute Gasteiger partial charge is 0.248 e. The van der Waals surface area contributed by atoms with Crippen LogP contribution in [-0.2, 0) is 4.57 Å². The minimum atomic E-state index is -4.04. The summed E-state index contributed by atoms with van der Waals surface area (Å²) in [5.74, 6) is 0. The number of carbonyl (C=O) groups is 2. The van der Waals surface area contributed by atoms with Crippen LogP contribution in [0.15, 0.2) is 48.5 Å². The molecule has 0 fully saturated rings. The zero-order chi connectivity index (χ0) is 21.1. The summed E-state index contributed by atoms with van der Waals surface area (Å²) in [5.41, 5.74) is 5.53. The van der Waals surface area contributed by atoms with Crippen LogP contribution in [0.25, 0.3) is 11.1 Å². The molecule has 1 atom stereocenters. The highest BCUT2D eigenvalue weighted by Gasteiger charge is 2.46. The van der Waals surface area contributed by atoms with Gasteiger partial charge in [-0.25, -0.2) is 0 Å². The summed E-state index contributed by atoms with van der Waals surface area (Å²) < 4.78 is 14.4. The van der Waals surface area contributed by atoms with Gasteiger partial charge in [-0.05, 0) is 68.5 Å². The number of benzene rings is 3. The molecular weight excluding hydrogens is 379 g/mol. The predicted octanol–water partition coefficient (Wildman–Crippen LogP) is 5.88. The molecule has 0 aliphatic carbocycles. The number of carbonyl (C=O) groups excluding carboxylic acids is 2. The van der Waals surface area contributed by atoms with Crippen LogP contribution in [0.4, 0.5) is 0 Å². The first-order chi connectivity index (χ1) is 13.6. The first-order valence-electron chi connectivity index (χ1n) is 9.64. The Bertz CT molecular complexity index is 1240. The zero-order valence-corrected chi connectivity index (χ0v) is 18.2. The van der Waals surface area contributed by atoms with Gasteiger partial charge in [0.05, 0.1) is 0 Å². The Morgan fingerprint density at radius 1 is 0.793 bits per heavy atom. The van der Waals surface area contributed by atoms with Gasteiger partial charge in [0, 0.05) is 16.4 Å². The minimum absolute atomic E-state index is 0.317. The molecule has 3 aromatic carbocycles. The van der Waals surface area contributed by atoms with Gasteiger partial charge in [0.25, 0.3) is 0 Å². The Balaban J connectivity index is 2.05. The largest absolute Gasteiger partial charge is 0.302 e. The molecule has 0 amide bonds. The average Bonchev–Trinajstić information content (AvgIpc) is 2.70. The van der Waals surface area contributed by atoms with Crippen LogP contribution in [0.2, 0.25) is 0 Å². The van der Waals surface area contributed by atoms with E-state index >= 15 is 0 Å². The molecule has 1 heterocycles. The molecule has 1 unspecified atom stereocenters. The maximum atomic E-state index is 14.4. The second kappa shape index (κ2) is 6.64. The second-order valence-electron chi connectivity index (χ2n) is 8.05. The molecule has 3 nitrogen and oxygen atoms in total. The van der Waals surface area contributed by atoms with Crippen molar-refractivity contribution in [1.29, 1.82) is 0 Å². The van der Waals surface area contributed by atoms with Crippen LogP contribution in [0.3, 0.4) is 0 Å². The molecule has 1 aliphatic rings. The van der Waals surface area contributed by atoms with E-state index in [1.165, 1.54) is 0 Å². The van der Waals surface area contributed by atoms with Gasteiger partial charge in [0.15, 0.2) is 0 Å². The van der Waals surface area contributed by atoms with Gasteiger partial charge in [-0.2, -0.15) is 0 Å². The van der Waals surface area contributed by atoms with Gasteiger partial charge < -0.3 is 4.57 Å². The van der Waals surface area contributed by atoms with E-state index < -0.39 is 18.2 Å². The highest BCUT2D eigenvalue weighted by Crippen LogP contribution is 2.55. The molecule has 0 saturated carbocycles. The summed E-state index contributed by atoms with van der Waals surface area (Å²) in [6.07, 6.45) is 0. The van der Waals surface area contributed by atoms with Crippen molar-refractivity contribution in [2.75, 3.05) is 0 Å². The molecule has 4 rings (SSSR count). The fourth-order valence-electron chi connectivity index (χ4n) is 4.51. The van der Waals surface area contributed by atoms with E-state index in [4.69, 9.17) is 0 Å². The molecule has 0 aromatic heterocycles. The van der Waals surface area contributed by atoms with E-state index in [0.717, 1.165) is 38.9 Å². The number of hydrogen-bond donors (Lipinski definition) is 0. The van der Waals surface area contributed by atoms with Crippen LogP contribution >= 0.6 is 7.14 Å². The maximum Gasteiger partial charge on any atom is 0.248 e. The third kappa shape index (κ3) is 2.84. The van der Waals surface area contributed by atoms with Crippen LogP contribution in [-0.4, -0.2) is 11.0 Å². The average molecular weight is 402 g/mol. The van der Waals surface area contributed by atoms with E-state index in [1.807, 2.05) is 65.0 Å².